The molecular weight excluding hydrogens is 241 g/mol. The minimum absolute atomic E-state index is 0.211. The van der Waals surface area contributed by atoms with Crippen LogP contribution in [0.25, 0.3) is 11.3 Å². The number of fused-ring (bicyclic) bond motifs is 1. The molecule has 0 fully saturated rings. The summed E-state index contributed by atoms with van der Waals surface area (Å²) in [5, 5.41) is 3.39. The number of nitrogens with one attached hydrogen (secondary N) is 1. The SMILES string of the molecule is Cc1nc2n(c1-c1cccc(F)c1)C(C)CC(C)N2. The molecule has 1 N–H and O–H groups in total. The van der Waals surface area contributed by atoms with E-state index in [9.17, 15) is 4.39 Å². The fourth-order valence-electron chi connectivity index (χ4n) is 2.96. The van der Waals surface area contributed by atoms with E-state index in [2.05, 4.69) is 28.7 Å². The van der Waals surface area contributed by atoms with Crippen LogP contribution < -0.4 is 5.32 Å². The first-order valence-electron chi connectivity index (χ1n) is 6.67. The normalized spacial score (nSPS) is 21.9. The van der Waals surface area contributed by atoms with Crippen molar-refractivity contribution in [3.8, 4) is 11.3 Å². The van der Waals surface area contributed by atoms with Gasteiger partial charge in [-0.1, -0.05) is 12.1 Å². The first kappa shape index (κ1) is 12.2. The maximum atomic E-state index is 13.4. The first-order chi connectivity index (χ1) is 9.06. The molecule has 0 amide bonds. The Morgan fingerprint density at radius 3 is 2.89 bits per heavy atom. The van der Waals surface area contributed by atoms with Crippen LogP contribution in [0.4, 0.5) is 10.3 Å². The molecule has 1 aliphatic rings. The Labute approximate surface area is 112 Å². The number of anilines is 1. The Hall–Kier alpha value is -1.84. The van der Waals surface area contributed by atoms with Crippen LogP contribution in [0, 0.1) is 12.7 Å². The standard InChI is InChI=1S/C15H18FN3/c1-9-7-10(2)19-14(11(3)18-15(19)17-9)12-5-4-6-13(16)8-12/h4-6,8-10H,7H2,1-3H3,(H,17,18). The van der Waals surface area contributed by atoms with Crippen molar-refractivity contribution in [3.63, 3.8) is 0 Å². The number of hydrogen-bond donors (Lipinski definition) is 1. The van der Waals surface area contributed by atoms with Gasteiger partial charge in [0, 0.05) is 17.6 Å². The predicted octanol–water partition coefficient (Wildman–Crippen LogP) is 3.76. The molecule has 2 atom stereocenters. The van der Waals surface area contributed by atoms with Gasteiger partial charge in [0.15, 0.2) is 0 Å². The highest BCUT2D eigenvalue weighted by Crippen LogP contribution is 2.35. The quantitative estimate of drug-likeness (QED) is 0.845. The van der Waals surface area contributed by atoms with Crippen LogP contribution >= 0.6 is 0 Å². The molecule has 0 spiro atoms. The number of halogens is 1. The third-order valence-corrected chi connectivity index (χ3v) is 3.69. The van der Waals surface area contributed by atoms with Gasteiger partial charge in [-0.3, -0.25) is 0 Å². The van der Waals surface area contributed by atoms with Gasteiger partial charge in [0.2, 0.25) is 5.95 Å². The highest BCUT2D eigenvalue weighted by atomic mass is 19.1. The fraction of sp³-hybridized carbons (Fsp3) is 0.400. The lowest BCUT2D eigenvalue weighted by Crippen LogP contribution is -2.28. The van der Waals surface area contributed by atoms with Crippen LogP contribution in [0.3, 0.4) is 0 Å². The minimum atomic E-state index is -0.211. The van der Waals surface area contributed by atoms with Gasteiger partial charge in [0.05, 0.1) is 11.4 Å². The molecule has 1 aliphatic heterocycles. The van der Waals surface area contributed by atoms with E-state index in [1.807, 2.05) is 13.0 Å². The second-order valence-corrected chi connectivity index (χ2v) is 5.38. The lowest BCUT2D eigenvalue weighted by Gasteiger charge is -2.29. The molecule has 0 saturated carbocycles. The molecular formula is C15H18FN3. The van der Waals surface area contributed by atoms with Crippen molar-refractivity contribution in [2.75, 3.05) is 5.32 Å². The third-order valence-electron chi connectivity index (χ3n) is 3.69. The van der Waals surface area contributed by atoms with E-state index in [1.165, 1.54) is 6.07 Å². The van der Waals surface area contributed by atoms with E-state index < -0.39 is 0 Å². The van der Waals surface area contributed by atoms with Crippen LogP contribution in [0.1, 0.15) is 32.0 Å². The van der Waals surface area contributed by atoms with Crippen molar-refractivity contribution < 1.29 is 4.39 Å². The molecule has 0 bridgehead atoms. The third kappa shape index (κ3) is 2.01. The smallest absolute Gasteiger partial charge is 0.204 e. The lowest BCUT2D eigenvalue weighted by molar-refractivity contribution is 0.452. The van der Waals surface area contributed by atoms with E-state index >= 15 is 0 Å². The number of hydrogen-bond acceptors (Lipinski definition) is 2. The Bertz CT molecular complexity index is 618. The van der Waals surface area contributed by atoms with E-state index in [4.69, 9.17) is 0 Å². The average molecular weight is 259 g/mol. The molecule has 0 aliphatic carbocycles. The van der Waals surface area contributed by atoms with Gasteiger partial charge in [-0.05, 0) is 39.3 Å². The van der Waals surface area contributed by atoms with Crippen molar-refractivity contribution in [2.45, 2.75) is 39.3 Å². The number of aromatic nitrogens is 2. The maximum absolute atomic E-state index is 13.4. The molecule has 1 aromatic heterocycles. The van der Waals surface area contributed by atoms with Gasteiger partial charge in [-0.2, -0.15) is 0 Å². The molecule has 0 saturated heterocycles. The molecule has 1 aromatic carbocycles. The zero-order valence-corrected chi connectivity index (χ0v) is 11.4. The molecule has 100 valence electrons. The molecule has 2 aromatic rings. The highest BCUT2D eigenvalue weighted by molar-refractivity contribution is 5.66. The van der Waals surface area contributed by atoms with E-state index in [0.717, 1.165) is 29.3 Å². The molecule has 4 heteroatoms. The summed E-state index contributed by atoms with van der Waals surface area (Å²) in [7, 11) is 0. The summed E-state index contributed by atoms with van der Waals surface area (Å²) in [4.78, 5) is 4.59. The lowest BCUT2D eigenvalue weighted by atomic mass is 10.1. The minimum Gasteiger partial charge on any atom is -0.353 e. The summed E-state index contributed by atoms with van der Waals surface area (Å²) in [6, 6.07) is 7.51. The average Bonchev–Trinajstić information content (AvgIpc) is 2.65. The van der Waals surface area contributed by atoms with Crippen molar-refractivity contribution in [1.29, 1.82) is 0 Å². The maximum Gasteiger partial charge on any atom is 0.204 e. The second kappa shape index (κ2) is 4.37. The van der Waals surface area contributed by atoms with Gasteiger partial charge >= 0.3 is 0 Å². The zero-order chi connectivity index (χ0) is 13.6. The Morgan fingerprint density at radius 2 is 2.16 bits per heavy atom. The Kier molecular flexibility index (Phi) is 2.81. The highest BCUT2D eigenvalue weighted by Gasteiger charge is 2.26. The molecule has 3 rings (SSSR count). The van der Waals surface area contributed by atoms with Gasteiger partial charge < -0.3 is 9.88 Å². The summed E-state index contributed by atoms with van der Waals surface area (Å²) < 4.78 is 15.6. The van der Waals surface area contributed by atoms with E-state index in [1.54, 1.807) is 12.1 Å². The summed E-state index contributed by atoms with van der Waals surface area (Å²) in [5.41, 5.74) is 2.84. The fourth-order valence-corrected chi connectivity index (χ4v) is 2.96. The number of aryl methyl sites for hydroxylation is 1. The molecule has 3 nitrogen and oxygen atoms in total. The van der Waals surface area contributed by atoms with Crippen molar-refractivity contribution in [1.82, 2.24) is 9.55 Å². The van der Waals surface area contributed by atoms with Crippen LogP contribution in [-0.2, 0) is 0 Å². The van der Waals surface area contributed by atoms with Crippen molar-refractivity contribution >= 4 is 5.95 Å². The number of benzene rings is 1. The molecule has 2 heterocycles. The summed E-state index contributed by atoms with van der Waals surface area (Å²) in [6.07, 6.45) is 1.05. The summed E-state index contributed by atoms with van der Waals surface area (Å²) in [5.74, 6) is 0.681. The van der Waals surface area contributed by atoms with E-state index in [-0.39, 0.29) is 5.82 Å². The van der Waals surface area contributed by atoms with Gasteiger partial charge in [-0.15, -0.1) is 0 Å². The van der Waals surface area contributed by atoms with Crippen molar-refractivity contribution in [3.05, 3.63) is 35.8 Å². The number of imidazole rings is 1. The Morgan fingerprint density at radius 1 is 1.37 bits per heavy atom. The predicted molar refractivity (Wildman–Crippen MR) is 74.8 cm³/mol. The van der Waals surface area contributed by atoms with Crippen LogP contribution in [-0.4, -0.2) is 15.6 Å². The van der Waals surface area contributed by atoms with Crippen LogP contribution in [0.5, 0.6) is 0 Å². The number of nitrogens with zero attached hydrogens (tertiary/aromatic N) is 2. The largest absolute Gasteiger partial charge is 0.353 e. The Balaban J connectivity index is 2.18. The van der Waals surface area contributed by atoms with Gasteiger partial charge in [0.25, 0.3) is 0 Å². The second-order valence-electron chi connectivity index (χ2n) is 5.38. The van der Waals surface area contributed by atoms with Gasteiger partial charge in [0.1, 0.15) is 5.82 Å². The summed E-state index contributed by atoms with van der Waals surface area (Å²) >= 11 is 0. The summed E-state index contributed by atoms with van der Waals surface area (Å²) in [6.45, 7) is 6.32. The zero-order valence-electron chi connectivity index (χ0n) is 11.4. The first-order valence-corrected chi connectivity index (χ1v) is 6.67. The van der Waals surface area contributed by atoms with E-state index in [0.29, 0.717) is 12.1 Å². The van der Waals surface area contributed by atoms with Crippen LogP contribution in [0.2, 0.25) is 0 Å². The van der Waals surface area contributed by atoms with Crippen molar-refractivity contribution in [2.24, 2.45) is 0 Å². The van der Waals surface area contributed by atoms with Crippen LogP contribution in [0.15, 0.2) is 24.3 Å². The monoisotopic (exact) mass is 259 g/mol. The molecule has 2 unspecified atom stereocenters. The molecule has 0 radical (unpaired) electrons. The van der Waals surface area contributed by atoms with Gasteiger partial charge in [-0.25, -0.2) is 9.37 Å². The number of rotatable bonds is 1. The molecule has 19 heavy (non-hydrogen) atoms. The topological polar surface area (TPSA) is 29.9 Å².